The van der Waals surface area contributed by atoms with Gasteiger partial charge in [0.15, 0.2) is 11.6 Å². The first-order valence-corrected chi connectivity index (χ1v) is 14.6. The van der Waals surface area contributed by atoms with Gasteiger partial charge >= 0.3 is 6.09 Å². The summed E-state index contributed by atoms with van der Waals surface area (Å²) < 4.78 is 11.9. The van der Waals surface area contributed by atoms with Crippen LogP contribution in [-0.2, 0) is 4.74 Å². The van der Waals surface area contributed by atoms with E-state index in [1.807, 2.05) is 43.9 Å². The average Bonchev–Trinajstić information content (AvgIpc) is 2.93. The predicted molar refractivity (Wildman–Crippen MR) is 153 cm³/mol. The largest absolute Gasteiger partial charge is 0.456 e. The number of ether oxygens (including phenoxy) is 2. The van der Waals surface area contributed by atoms with Crippen LogP contribution in [0, 0.1) is 5.92 Å². The van der Waals surface area contributed by atoms with Crippen molar-refractivity contribution in [3.63, 3.8) is 0 Å². The Kier molecular flexibility index (Phi) is 8.87. The number of benzene rings is 1. The summed E-state index contributed by atoms with van der Waals surface area (Å²) in [6.45, 7) is 14.6. The minimum absolute atomic E-state index is 0.234. The van der Waals surface area contributed by atoms with E-state index in [0.29, 0.717) is 12.3 Å². The van der Waals surface area contributed by atoms with Gasteiger partial charge in [-0.05, 0) is 83.2 Å². The monoisotopic (exact) mass is 536 g/mol. The van der Waals surface area contributed by atoms with Gasteiger partial charge in [0.2, 0.25) is 0 Å². The van der Waals surface area contributed by atoms with Gasteiger partial charge in [0.25, 0.3) is 0 Å². The maximum atomic E-state index is 12.6. The minimum atomic E-state index is -0.490. The maximum absolute atomic E-state index is 12.6. The highest BCUT2D eigenvalue weighted by molar-refractivity contribution is 5.68. The van der Waals surface area contributed by atoms with Crippen LogP contribution in [0.2, 0.25) is 0 Å². The number of nitrogens with zero attached hydrogens (tertiary/aromatic N) is 5. The van der Waals surface area contributed by atoms with Gasteiger partial charge in [0, 0.05) is 57.8 Å². The molecule has 3 saturated heterocycles. The molecule has 2 aromatic rings. The lowest BCUT2D eigenvalue weighted by atomic mass is 9.90. The Bertz CT molecular complexity index is 1090. The van der Waals surface area contributed by atoms with E-state index < -0.39 is 5.60 Å². The number of amides is 1. The molecule has 39 heavy (non-hydrogen) atoms. The molecule has 212 valence electrons. The average molecular weight is 537 g/mol. The second-order valence-corrected chi connectivity index (χ2v) is 12.2. The number of carbonyl (C=O) groups excluding carboxylic acids is 1. The van der Waals surface area contributed by atoms with Gasteiger partial charge in [-0.2, -0.15) is 5.10 Å². The third-order valence-electron chi connectivity index (χ3n) is 7.93. The van der Waals surface area contributed by atoms with Crippen LogP contribution in [0.4, 0.5) is 10.6 Å². The summed E-state index contributed by atoms with van der Waals surface area (Å²) in [4.78, 5) is 19.4. The third-order valence-corrected chi connectivity index (χ3v) is 7.93. The molecule has 3 aliphatic rings. The fourth-order valence-corrected chi connectivity index (χ4v) is 5.85. The predicted octanol–water partition coefficient (Wildman–Crippen LogP) is 4.51. The van der Waals surface area contributed by atoms with E-state index in [-0.39, 0.29) is 12.0 Å². The number of anilines is 1. The number of carbonyl (C=O) groups is 1. The second-order valence-electron chi connectivity index (χ2n) is 12.2. The van der Waals surface area contributed by atoms with Crippen LogP contribution in [-0.4, -0.2) is 90.6 Å². The summed E-state index contributed by atoms with van der Waals surface area (Å²) in [5.74, 6) is 3.40. The van der Waals surface area contributed by atoms with Crippen LogP contribution in [0.15, 0.2) is 36.5 Å². The molecule has 5 rings (SSSR count). The van der Waals surface area contributed by atoms with E-state index >= 15 is 0 Å². The van der Waals surface area contributed by atoms with Crippen molar-refractivity contribution in [2.24, 2.45) is 5.92 Å². The first kappa shape index (κ1) is 27.6. The molecule has 1 unspecified atom stereocenters. The molecule has 0 spiro atoms. The quantitative estimate of drug-likeness (QED) is 0.578. The third kappa shape index (κ3) is 7.82. The number of nitrogens with one attached hydrogen (secondary N) is 1. The lowest BCUT2D eigenvalue weighted by Gasteiger charge is -2.37. The summed E-state index contributed by atoms with van der Waals surface area (Å²) in [5, 5.41) is 12.1. The molecule has 3 fully saturated rings. The van der Waals surface area contributed by atoms with E-state index in [9.17, 15) is 4.79 Å². The highest BCUT2D eigenvalue weighted by atomic mass is 16.6. The molecule has 3 aliphatic heterocycles. The second kappa shape index (κ2) is 12.5. The van der Waals surface area contributed by atoms with Gasteiger partial charge in [-0.3, -0.25) is 4.90 Å². The minimum Gasteiger partial charge on any atom is -0.456 e. The van der Waals surface area contributed by atoms with Crippen molar-refractivity contribution in [3.05, 3.63) is 42.1 Å². The van der Waals surface area contributed by atoms with Crippen molar-refractivity contribution in [1.82, 2.24) is 25.3 Å². The summed E-state index contributed by atoms with van der Waals surface area (Å²) >= 11 is 0. The Morgan fingerprint density at radius 1 is 1.03 bits per heavy atom. The topological polar surface area (TPSA) is 83.1 Å². The zero-order valence-corrected chi connectivity index (χ0v) is 23.8. The van der Waals surface area contributed by atoms with Crippen molar-refractivity contribution in [1.29, 1.82) is 0 Å². The highest BCUT2D eigenvalue weighted by Crippen LogP contribution is 2.32. The molecular weight excluding hydrogens is 492 g/mol. The van der Waals surface area contributed by atoms with Gasteiger partial charge in [0.05, 0.1) is 6.20 Å². The first-order valence-electron chi connectivity index (χ1n) is 14.6. The van der Waals surface area contributed by atoms with Crippen molar-refractivity contribution in [3.8, 4) is 11.5 Å². The Hall–Kier alpha value is -2.91. The molecule has 9 heteroatoms. The smallest absolute Gasteiger partial charge is 0.410 e. The first-order chi connectivity index (χ1) is 18.8. The number of likely N-dealkylation sites (tertiary alicyclic amines) is 1. The van der Waals surface area contributed by atoms with E-state index in [0.717, 1.165) is 76.1 Å². The number of hydrogen-bond acceptors (Lipinski definition) is 8. The zero-order valence-electron chi connectivity index (χ0n) is 23.8. The van der Waals surface area contributed by atoms with Gasteiger partial charge < -0.3 is 24.6 Å². The fraction of sp³-hybridized carbons (Fsp3) is 0.633. The molecule has 0 saturated carbocycles. The molecule has 4 heterocycles. The zero-order chi connectivity index (χ0) is 27.2. The van der Waals surface area contributed by atoms with E-state index in [1.165, 1.54) is 24.9 Å². The fourth-order valence-electron chi connectivity index (χ4n) is 5.85. The standard InChI is InChI=1S/C30H44N6O3/c1-30(2,3)39-29(37)36-13-5-7-25(22-36)24-6-4-8-26(18-24)38-27-19-28(33-32-20-27)35-16-14-34(15-17-35)21-23-9-11-31-12-10-23/h4,6,8,18-20,23,25,31H,5,7,9-17,21-22H2,1-3H3. The van der Waals surface area contributed by atoms with Crippen LogP contribution < -0.4 is 15.0 Å². The van der Waals surface area contributed by atoms with Gasteiger partial charge in [-0.15, -0.1) is 5.10 Å². The molecule has 1 aromatic carbocycles. The van der Waals surface area contributed by atoms with E-state index in [2.05, 4.69) is 37.4 Å². The highest BCUT2D eigenvalue weighted by Gasteiger charge is 2.28. The van der Waals surface area contributed by atoms with Crippen LogP contribution in [0.1, 0.15) is 57.9 Å². The van der Waals surface area contributed by atoms with Crippen molar-refractivity contribution >= 4 is 11.9 Å². The molecule has 1 amide bonds. The molecule has 0 radical (unpaired) electrons. The number of rotatable bonds is 6. The van der Waals surface area contributed by atoms with Crippen LogP contribution in [0.25, 0.3) is 0 Å². The Balaban J connectivity index is 1.17. The van der Waals surface area contributed by atoms with Crippen molar-refractivity contribution in [2.45, 2.75) is 58.0 Å². The van der Waals surface area contributed by atoms with Gasteiger partial charge in [-0.25, -0.2) is 4.79 Å². The molecule has 1 N–H and O–H groups in total. The molecule has 0 aliphatic carbocycles. The van der Waals surface area contributed by atoms with Crippen LogP contribution >= 0.6 is 0 Å². The number of piperidine rings is 2. The Labute approximate surface area is 232 Å². The molecule has 1 atom stereocenters. The number of piperazine rings is 1. The van der Waals surface area contributed by atoms with Crippen molar-refractivity contribution in [2.75, 3.05) is 63.8 Å². The number of aromatic nitrogens is 2. The Morgan fingerprint density at radius 2 is 1.82 bits per heavy atom. The van der Waals surface area contributed by atoms with Crippen LogP contribution in [0.5, 0.6) is 11.5 Å². The maximum Gasteiger partial charge on any atom is 0.410 e. The van der Waals surface area contributed by atoms with Crippen molar-refractivity contribution < 1.29 is 14.3 Å². The lowest BCUT2D eigenvalue weighted by Crippen LogP contribution is -2.48. The van der Waals surface area contributed by atoms with E-state index in [1.54, 1.807) is 6.20 Å². The van der Waals surface area contributed by atoms with Gasteiger partial charge in [-0.1, -0.05) is 12.1 Å². The summed E-state index contributed by atoms with van der Waals surface area (Å²) in [6, 6.07) is 10.2. The summed E-state index contributed by atoms with van der Waals surface area (Å²) in [5.41, 5.74) is 0.684. The molecule has 9 nitrogen and oxygen atoms in total. The number of hydrogen-bond donors (Lipinski definition) is 1. The molecular formula is C30H44N6O3. The van der Waals surface area contributed by atoms with Crippen LogP contribution in [0.3, 0.4) is 0 Å². The molecule has 0 bridgehead atoms. The molecule has 1 aromatic heterocycles. The SMILES string of the molecule is CC(C)(C)OC(=O)N1CCCC(c2cccc(Oc3cnnc(N4CCN(CC5CCNCC5)CC4)c3)c2)C1. The van der Waals surface area contributed by atoms with Gasteiger partial charge in [0.1, 0.15) is 11.4 Å². The summed E-state index contributed by atoms with van der Waals surface area (Å²) in [6.07, 6.45) is 6.01. The lowest BCUT2D eigenvalue weighted by molar-refractivity contribution is 0.0198. The normalized spacial score (nSPS) is 21.6. The van der Waals surface area contributed by atoms with E-state index in [4.69, 9.17) is 9.47 Å². The summed E-state index contributed by atoms with van der Waals surface area (Å²) in [7, 11) is 0. The Morgan fingerprint density at radius 3 is 2.59 bits per heavy atom.